The highest BCUT2D eigenvalue weighted by atomic mass is 32.2. The van der Waals surface area contributed by atoms with E-state index in [0.29, 0.717) is 25.2 Å². The summed E-state index contributed by atoms with van der Waals surface area (Å²) in [7, 11) is -3.18. The molecule has 2 rings (SSSR count). The van der Waals surface area contributed by atoms with Crippen LogP contribution in [0.3, 0.4) is 0 Å². The van der Waals surface area contributed by atoms with Crippen molar-refractivity contribution in [1.82, 2.24) is 14.9 Å². The Bertz CT molecular complexity index is 377. The van der Waals surface area contributed by atoms with Crippen LogP contribution >= 0.6 is 0 Å². The highest BCUT2D eigenvalue weighted by molar-refractivity contribution is 7.90. The summed E-state index contributed by atoms with van der Waals surface area (Å²) >= 11 is 0. The second-order valence-corrected chi connectivity index (χ2v) is 7.98. The first-order valence-corrected chi connectivity index (χ1v) is 9.03. The Morgan fingerprint density at radius 3 is 2.47 bits per heavy atom. The molecular weight excluding hydrogens is 262 g/mol. The molecule has 19 heavy (non-hydrogen) atoms. The molecule has 2 N–H and O–H groups in total. The molecule has 0 amide bonds. The van der Waals surface area contributed by atoms with E-state index < -0.39 is 10.0 Å². The third-order valence-electron chi connectivity index (χ3n) is 3.97. The van der Waals surface area contributed by atoms with Gasteiger partial charge in [0.1, 0.15) is 0 Å². The molecule has 2 fully saturated rings. The van der Waals surface area contributed by atoms with Crippen LogP contribution in [0.25, 0.3) is 0 Å². The smallest absolute Gasteiger partial charge is 0.215 e. The maximum absolute atomic E-state index is 12.0. The van der Waals surface area contributed by atoms with Gasteiger partial charge < -0.3 is 5.32 Å². The van der Waals surface area contributed by atoms with Crippen LogP contribution in [0.1, 0.15) is 39.5 Å². The van der Waals surface area contributed by atoms with Crippen molar-refractivity contribution < 1.29 is 8.42 Å². The van der Waals surface area contributed by atoms with Gasteiger partial charge in [-0.2, -0.15) is 0 Å². The summed E-state index contributed by atoms with van der Waals surface area (Å²) in [4.78, 5) is 2.36. The van der Waals surface area contributed by atoms with Crippen LogP contribution in [0.5, 0.6) is 0 Å². The topological polar surface area (TPSA) is 61.4 Å². The van der Waals surface area contributed by atoms with Crippen molar-refractivity contribution in [3.05, 3.63) is 0 Å². The van der Waals surface area contributed by atoms with Crippen LogP contribution < -0.4 is 10.0 Å². The Morgan fingerprint density at radius 2 is 1.95 bits per heavy atom. The number of hydrogen-bond acceptors (Lipinski definition) is 4. The fourth-order valence-electron chi connectivity index (χ4n) is 2.24. The lowest BCUT2D eigenvalue weighted by Crippen LogP contribution is -2.42. The predicted molar refractivity (Wildman–Crippen MR) is 77.7 cm³/mol. The molecule has 2 aliphatic rings. The van der Waals surface area contributed by atoms with Crippen molar-refractivity contribution >= 4 is 10.0 Å². The summed E-state index contributed by atoms with van der Waals surface area (Å²) in [6.45, 7) is 6.82. The van der Waals surface area contributed by atoms with E-state index in [1.54, 1.807) is 6.92 Å². The molecule has 2 aliphatic carbocycles. The van der Waals surface area contributed by atoms with E-state index in [9.17, 15) is 8.42 Å². The van der Waals surface area contributed by atoms with Crippen molar-refractivity contribution in [1.29, 1.82) is 0 Å². The second-order valence-electron chi connectivity index (χ2n) is 5.79. The minimum absolute atomic E-state index is 0.357. The molecule has 0 radical (unpaired) electrons. The molecule has 0 heterocycles. The average Bonchev–Trinajstić information content (AvgIpc) is 3.24. The number of nitrogens with zero attached hydrogens (tertiary/aromatic N) is 1. The van der Waals surface area contributed by atoms with Gasteiger partial charge in [-0.15, -0.1) is 0 Å². The minimum atomic E-state index is -3.18. The van der Waals surface area contributed by atoms with Crippen LogP contribution in [0, 0.1) is 0 Å². The summed E-state index contributed by atoms with van der Waals surface area (Å²) < 4.78 is 26.8. The number of rotatable bonds is 10. The molecule has 0 aliphatic heterocycles. The van der Waals surface area contributed by atoms with Crippen molar-refractivity contribution in [3.8, 4) is 0 Å². The lowest BCUT2D eigenvalue weighted by atomic mass is 10.4. The SMILES string of the molecule is CCN(CCNS(=O)(=O)C(C)CNC1CC1)C1CC1. The van der Waals surface area contributed by atoms with Crippen LogP contribution in [-0.2, 0) is 10.0 Å². The number of likely N-dealkylation sites (N-methyl/N-ethyl adjacent to an activating group) is 1. The Labute approximate surface area is 117 Å². The fourth-order valence-corrected chi connectivity index (χ4v) is 3.22. The standard InChI is InChI=1S/C13H27N3O2S/c1-3-16(13-6-7-13)9-8-15-19(17,18)11(2)10-14-12-4-5-12/h11-15H,3-10H2,1-2H3. The van der Waals surface area contributed by atoms with Crippen molar-refractivity contribution in [2.24, 2.45) is 0 Å². The first-order chi connectivity index (χ1) is 9.03. The Hall–Kier alpha value is -0.170. The van der Waals surface area contributed by atoms with Gasteiger partial charge in [0.05, 0.1) is 5.25 Å². The molecule has 0 bridgehead atoms. The maximum Gasteiger partial charge on any atom is 0.215 e. The lowest BCUT2D eigenvalue weighted by molar-refractivity contribution is 0.282. The summed E-state index contributed by atoms with van der Waals surface area (Å²) in [6.07, 6.45) is 4.91. The zero-order valence-corrected chi connectivity index (χ0v) is 12.9. The number of hydrogen-bond donors (Lipinski definition) is 2. The van der Waals surface area contributed by atoms with Gasteiger partial charge in [0, 0.05) is 31.7 Å². The summed E-state index contributed by atoms with van der Waals surface area (Å²) in [5.41, 5.74) is 0. The highest BCUT2D eigenvalue weighted by Crippen LogP contribution is 2.25. The van der Waals surface area contributed by atoms with Crippen LogP contribution in [-0.4, -0.2) is 56.8 Å². The third-order valence-corrected chi connectivity index (χ3v) is 5.81. The normalized spacial score (nSPS) is 21.8. The molecule has 1 unspecified atom stereocenters. The van der Waals surface area contributed by atoms with E-state index in [4.69, 9.17) is 0 Å². The van der Waals surface area contributed by atoms with Crippen molar-refractivity contribution in [3.63, 3.8) is 0 Å². The molecule has 0 aromatic carbocycles. The van der Waals surface area contributed by atoms with Crippen LogP contribution in [0.2, 0.25) is 0 Å². The summed E-state index contributed by atoms with van der Waals surface area (Å²) in [5.74, 6) is 0. The van der Waals surface area contributed by atoms with Gasteiger partial charge in [-0.05, 0) is 39.2 Å². The lowest BCUT2D eigenvalue weighted by Gasteiger charge is -2.21. The van der Waals surface area contributed by atoms with Gasteiger partial charge >= 0.3 is 0 Å². The number of sulfonamides is 1. The van der Waals surface area contributed by atoms with Gasteiger partial charge in [-0.25, -0.2) is 13.1 Å². The second kappa shape index (κ2) is 6.52. The first-order valence-electron chi connectivity index (χ1n) is 7.49. The molecule has 112 valence electrons. The largest absolute Gasteiger partial charge is 0.313 e. The van der Waals surface area contributed by atoms with Crippen LogP contribution in [0.15, 0.2) is 0 Å². The molecule has 0 aromatic heterocycles. The molecule has 0 spiro atoms. The number of nitrogens with one attached hydrogen (secondary N) is 2. The zero-order valence-electron chi connectivity index (χ0n) is 12.1. The average molecular weight is 289 g/mol. The fraction of sp³-hybridized carbons (Fsp3) is 1.00. The van der Waals surface area contributed by atoms with E-state index >= 15 is 0 Å². The van der Waals surface area contributed by atoms with Gasteiger partial charge in [0.15, 0.2) is 0 Å². The Balaban J connectivity index is 1.66. The molecule has 2 saturated carbocycles. The first kappa shape index (κ1) is 15.2. The summed E-state index contributed by atoms with van der Waals surface area (Å²) in [6, 6.07) is 1.26. The van der Waals surface area contributed by atoms with Gasteiger partial charge in [0.2, 0.25) is 10.0 Å². The van der Waals surface area contributed by atoms with Crippen LogP contribution in [0.4, 0.5) is 0 Å². The van der Waals surface area contributed by atoms with E-state index in [0.717, 1.165) is 13.1 Å². The van der Waals surface area contributed by atoms with Gasteiger partial charge in [-0.3, -0.25) is 4.90 Å². The van der Waals surface area contributed by atoms with Crippen molar-refractivity contribution in [2.45, 2.75) is 56.9 Å². The predicted octanol–water partition coefficient (Wildman–Crippen LogP) is 0.531. The molecule has 0 aromatic rings. The zero-order chi connectivity index (χ0) is 13.9. The molecular formula is C13H27N3O2S. The van der Waals surface area contributed by atoms with E-state index in [-0.39, 0.29) is 5.25 Å². The Kier molecular flexibility index (Phi) is 5.22. The van der Waals surface area contributed by atoms with Gasteiger partial charge in [-0.1, -0.05) is 6.92 Å². The summed E-state index contributed by atoms with van der Waals surface area (Å²) in [5, 5.41) is 2.91. The monoisotopic (exact) mass is 289 g/mol. The molecule has 6 heteroatoms. The van der Waals surface area contributed by atoms with Crippen molar-refractivity contribution in [2.75, 3.05) is 26.2 Å². The molecule has 0 saturated heterocycles. The maximum atomic E-state index is 12.0. The van der Waals surface area contributed by atoms with E-state index in [1.165, 1.54) is 25.7 Å². The van der Waals surface area contributed by atoms with E-state index in [1.807, 2.05) is 0 Å². The van der Waals surface area contributed by atoms with Gasteiger partial charge in [0.25, 0.3) is 0 Å². The third kappa shape index (κ3) is 5.02. The Morgan fingerprint density at radius 1 is 1.26 bits per heavy atom. The minimum Gasteiger partial charge on any atom is -0.313 e. The molecule has 5 nitrogen and oxygen atoms in total. The highest BCUT2D eigenvalue weighted by Gasteiger charge is 2.28. The van der Waals surface area contributed by atoms with E-state index in [2.05, 4.69) is 21.9 Å². The quantitative estimate of drug-likeness (QED) is 0.616. The molecule has 1 atom stereocenters.